The number of amides is 2. The molecule has 0 unspecified atom stereocenters. The van der Waals surface area contributed by atoms with E-state index in [0.717, 1.165) is 11.3 Å². The summed E-state index contributed by atoms with van der Waals surface area (Å²) in [5.41, 5.74) is 2.44. The van der Waals surface area contributed by atoms with Crippen LogP contribution in [0.4, 0.5) is 11.4 Å². The van der Waals surface area contributed by atoms with Crippen LogP contribution in [-0.2, 0) is 16.1 Å². The molecule has 5 heteroatoms. The van der Waals surface area contributed by atoms with Gasteiger partial charge in [0.2, 0.25) is 5.91 Å². The van der Waals surface area contributed by atoms with E-state index in [1.54, 1.807) is 17.9 Å². The van der Waals surface area contributed by atoms with Crippen molar-refractivity contribution in [3.8, 4) is 5.75 Å². The number of rotatable bonds is 5. The minimum absolute atomic E-state index is 0.0503. The molecule has 29 heavy (non-hydrogen) atoms. The molecule has 0 spiro atoms. The summed E-state index contributed by atoms with van der Waals surface area (Å²) in [7, 11) is 0. The normalized spacial score (nSPS) is 15.4. The van der Waals surface area contributed by atoms with E-state index in [0.29, 0.717) is 18.0 Å². The average molecular weight is 386 g/mol. The van der Waals surface area contributed by atoms with Crippen LogP contribution in [0.25, 0.3) is 0 Å². The molecular weight excluding hydrogens is 364 g/mol. The van der Waals surface area contributed by atoms with E-state index in [1.165, 1.54) is 4.90 Å². The van der Waals surface area contributed by atoms with Gasteiger partial charge in [-0.3, -0.25) is 14.5 Å². The molecule has 0 saturated carbocycles. The highest BCUT2D eigenvalue weighted by molar-refractivity contribution is 6.06. The quantitative estimate of drug-likeness (QED) is 0.665. The van der Waals surface area contributed by atoms with Crippen LogP contribution in [0.3, 0.4) is 0 Å². The maximum absolute atomic E-state index is 13.4. The lowest BCUT2D eigenvalue weighted by atomic mass is 10.1. The Morgan fingerprint density at radius 3 is 2.28 bits per heavy atom. The minimum atomic E-state index is -0.628. The van der Waals surface area contributed by atoms with Crippen molar-refractivity contribution < 1.29 is 14.3 Å². The van der Waals surface area contributed by atoms with Crippen molar-refractivity contribution in [2.24, 2.45) is 0 Å². The fourth-order valence-corrected chi connectivity index (χ4v) is 3.44. The SMILES string of the molecule is C[C@@H]1Oc2ccccc2N(CC(=O)N(Cc2ccccc2)c2ccccc2)C1=O. The number of ether oxygens (including phenoxy) is 1. The number of benzene rings is 3. The predicted octanol–water partition coefficient (Wildman–Crippen LogP) is 4.03. The standard InChI is InChI=1S/C24H22N2O3/c1-18-24(28)26(21-14-8-9-15-22(21)29-18)17-23(27)25(20-12-6-3-7-13-20)16-19-10-4-2-5-11-19/h2-15,18H,16-17H2,1H3/t18-/m0/s1. The van der Waals surface area contributed by atoms with Crippen LogP contribution >= 0.6 is 0 Å². The van der Waals surface area contributed by atoms with E-state index in [2.05, 4.69) is 0 Å². The summed E-state index contributed by atoms with van der Waals surface area (Å²) in [4.78, 5) is 29.4. The van der Waals surface area contributed by atoms with Crippen molar-refractivity contribution in [3.63, 3.8) is 0 Å². The summed E-state index contributed by atoms with van der Waals surface area (Å²) < 4.78 is 5.68. The number of carbonyl (C=O) groups excluding carboxylic acids is 2. The zero-order valence-corrected chi connectivity index (χ0v) is 16.2. The lowest BCUT2D eigenvalue weighted by Gasteiger charge is -2.34. The van der Waals surface area contributed by atoms with Crippen molar-refractivity contribution in [1.82, 2.24) is 0 Å². The monoisotopic (exact) mass is 386 g/mol. The van der Waals surface area contributed by atoms with Gasteiger partial charge in [0.05, 0.1) is 12.2 Å². The topological polar surface area (TPSA) is 49.9 Å². The van der Waals surface area contributed by atoms with E-state index in [4.69, 9.17) is 4.74 Å². The third kappa shape index (κ3) is 3.99. The second-order valence-corrected chi connectivity index (χ2v) is 6.95. The number of hydrogen-bond donors (Lipinski definition) is 0. The van der Waals surface area contributed by atoms with Gasteiger partial charge in [0, 0.05) is 5.69 Å². The Hall–Kier alpha value is -3.60. The lowest BCUT2D eigenvalue weighted by Crippen LogP contribution is -2.49. The fourth-order valence-electron chi connectivity index (χ4n) is 3.44. The Labute approximate surface area is 170 Å². The van der Waals surface area contributed by atoms with Crippen molar-refractivity contribution in [2.45, 2.75) is 19.6 Å². The number of fused-ring (bicyclic) bond motifs is 1. The van der Waals surface area contributed by atoms with Crippen LogP contribution in [0.5, 0.6) is 5.75 Å². The fraction of sp³-hybridized carbons (Fsp3) is 0.167. The molecule has 1 aliphatic rings. The summed E-state index contributed by atoms with van der Waals surface area (Å²) in [5.74, 6) is 0.240. The van der Waals surface area contributed by atoms with Gasteiger partial charge in [0.15, 0.2) is 6.10 Å². The molecule has 1 atom stereocenters. The predicted molar refractivity (Wildman–Crippen MR) is 113 cm³/mol. The van der Waals surface area contributed by atoms with Crippen LogP contribution in [0, 0.1) is 0 Å². The molecule has 5 nitrogen and oxygen atoms in total. The molecule has 0 fully saturated rings. The molecule has 0 aliphatic carbocycles. The first kappa shape index (κ1) is 18.7. The molecule has 3 aromatic carbocycles. The zero-order valence-electron chi connectivity index (χ0n) is 16.2. The molecule has 0 saturated heterocycles. The highest BCUT2D eigenvalue weighted by Crippen LogP contribution is 2.33. The maximum atomic E-state index is 13.4. The number of hydrogen-bond acceptors (Lipinski definition) is 3. The van der Waals surface area contributed by atoms with Crippen molar-refractivity contribution in [3.05, 3.63) is 90.5 Å². The van der Waals surface area contributed by atoms with Crippen LogP contribution in [0.1, 0.15) is 12.5 Å². The smallest absolute Gasteiger partial charge is 0.268 e. The van der Waals surface area contributed by atoms with Crippen LogP contribution in [0.2, 0.25) is 0 Å². The van der Waals surface area contributed by atoms with Crippen LogP contribution in [-0.4, -0.2) is 24.5 Å². The Morgan fingerprint density at radius 1 is 0.931 bits per heavy atom. The molecule has 0 N–H and O–H groups in total. The summed E-state index contributed by atoms with van der Waals surface area (Å²) >= 11 is 0. The number of anilines is 2. The first-order chi connectivity index (χ1) is 14.1. The largest absolute Gasteiger partial charge is 0.479 e. The van der Waals surface area contributed by atoms with E-state index < -0.39 is 6.10 Å². The first-order valence-corrected chi connectivity index (χ1v) is 9.60. The molecule has 146 valence electrons. The van der Waals surface area contributed by atoms with Crippen molar-refractivity contribution in [2.75, 3.05) is 16.3 Å². The summed E-state index contributed by atoms with van der Waals surface area (Å²) in [5, 5.41) is 0. The lowest BCUT2D eigenvalue weighted by molar-refractivity contribution is -0.127. The molecule has 2 amide bonds. The number of carbonyl (C=O) groups is 2. The molecule has 0 bridgehead atoms. The molecule has 1 heterocycles. The third-order valence-corrected chi connectivity index (χ3v) is 4.92. The van der Waals surface area contributed by atoms with Crippen LogP contribution in [0.15, 0.2) is 84.9 Å². The van der Waals surface area contributed by atoms with E-state index in [-0.39, 0.29) is 18.4 Å². The Kier molecular flexibility index (Phi) is 5.29. The van der Waals surface area contributed by atoms with E-state index in [1.807, 2.05) is 78.9 Å². The van der Waals surface area contributed by atoms with Crippen LogP contribution < -0.4 is 14.5 Å². The van der Waals surface area contributed by atoms with Gasteiger partial charge in [0.25, 0.3) is 5.91 Å². The highest BCUT2D eigenvalue weighted by atomic mass is 16.5. The molecular formula is C24H22N2O3. The Bertz CT molecular complexity index is 1000. The Balaban J connectivity index is 1.64. The first-order valence-electron chi connectivity index (χ1n) is 9.60. The Morgan fingerprint density at radius 2 is 1.55 bits per heavy atom. The minimum Gasteiger partial charge on any atom is -0.479 e. The number of nitrogens with zero attached hydrogens (tertiary/aromatic N) is 2. The summed E-state index contributed by atoms with van der Waals surface area (Å²) in [6, 6.07) is 26.6. The van der Waals surface area contributed by atoms with E-state index >= 15 is 0 Å². The van der Waals surface area contributed by atoms with Gasteiger partial charge in [-0.25, -0.2) is 0 Å². The third-order valence-electron chi connectivity index (χ3n) is 4.92. The van der Waals surface area contributed by atoms with Gasteiger partial charge in [-0.1, -0.05) is 60.7 Å². The van der Waals surface area contributed by atoms with Gasteiger partial charge in [-0.2, -0.15) is 0 Å². The van der Waals surface area contributed by atoms with Gasteiger partial charge in [0.1, 0.15) is 12.3 Å². The summed E-state index contributed by atoms with van der Waals surface area (Å²) in [6.45, 7) is 2.08. The molecule has 0 radical (unpaired) electrons. The van der Waals surface area contributed by atoms with Gasteiger partial charge >= 0.3 is 0 Å². The highest BCUT2D eigenvalue weighted by Gasteiger charge is 2.33. The zero-order chi connectivity index (χ0) is 20.2. The molecule has 3 aromatic rings. The number of para-hydroxylation sites is 3. The van der Waals surface area contributed by atoms with Crippen molar-refractivity contribution >= 4 is 23.2 Å². The summed E-state index contributed by atoms with van der Waals surface area (Å²) in [6.07, 6.45) is -0.628. The maximum Gasteiger partial charge on any atom is 0.268 e. The second kappa shape index (κ2) is 8.19. The van der Waals surface area contributed by atoms with Gasteiger partial charge in [-0.05, 0) is 36.8 Å². The second-order valence-electron chi connectivity index (χ2n) is 6.95. The van der Waals surface area contributed by atoms with Gasteiger partial charge in [-0.15, -0.1) is 0 Å². The molecule has 4 rings (SSSR count). The average Bonchev–Trinajstić information content (AvgIpc) is 2.76. The van der Waals surface area contributed by atoms with Crippen molar-refractivity contribution in [1.29, 1.82) is 0 Å². The van der Waals surface area contributed by atoms with Gasteiger partial charge < -0.3 is 9.64 Å². The van der Waals surface area contributed by atoms with E-state index in [9.17, 15) is 9.59 Å². The molecule has 1 aliphatic heterocycles. The molecule has 0 aromatic heterocycles.